The molecule has 0 amide bonds. The largest absolute Gasteiger partial charge is 0.466 e. The lowest BCUT2D eigenvalue weighted by molar-refractivity contribution is -0.143. The highest BCUT2D eigenvalue weighted by Gasteiger charge is 2.29. The lowest BCUT2D eigenvalue weighted by Gasteiger charge is -2.32. The van der Waals surface area contributed by atoms with Gasteiger partial charge in [-0.05, 0) is 52.7 Å². The number of Topliss-reactive ketones (excluding diaryl/α,β-unsaturated/α-hetero) is 2. The van der Waals surface area contributed by atoms with Crippen molar-refractivity contribution in [3.63, 3.8) is 0 Å². The molecule has 0 unspecified atom stereocenters. The summed E-state index contributed by atoms with van der Waals surface area (Å²) in [7, 11) is 0. The molecular formula is C31H41NO8. The first kappa shape index (κ1) is 32.8. The molecule has 0 fully saturated rings. The first-order chi connectivity index (χ1) is 18.7. The third-order valence-electron chi connectivity index (χ3n) is 6.27. The molecule has 0 spiro atoms. The first-order valence-corrected chi connectivity index (χ1v) is 13.5. The topological polar surface area (TPSA) is 130 Å². The zero-order chi connectivity index (χ0) is 30.1. The summed E-state index contributed by atoms with van der Waals surface area (Å²) in [5.41, 5.74) is -0.857. The molecule has 40 heavy (non-hydrogen) atoms. The second kappa shape index (κ2) is 14.3. The third-order valence-corrected chi connectivity index (χ3v) is 6.27. The van der Waals surface area contributed by atoms with Crippen molar-refractivity contribution in [3.8, 4) is 0 Å². The van der Waals surface area contributed by atoms with Crippen LogP contribution < -0.4 is 0 Å². The summed E-state index contributed by atoms with van der Waals surface area (Å²) in [5.74, 6) is -1.60. The Bertz CT molecular complexity index is 1070. The Morgan fingerprint density at radius 1 is 0.675 bits per heavy atom. The number of nitrogens with zero attached hydrogens (tertiary/aromatic N) is 1. The van der Waals surface area contributed by atoms with Crippen LogP contribution in [0.5, 0.6) is 0 Å². The van der Waals surface area contributed by atoms with Crippen LogP contribution in [0.2, 0.25) is 0 Å². The van der Waals surface area contributed by atoms with E-state index < -0.39 is 28.8 Å². The number of carbonyl (C=O) groups excluding carboxylic acids is 4. The number of ether oxygens (including phenoxy) is 2. The van der Waals surface area contributed by atoms with Crippen LogP contribution in [0.4, 0.5) is 0 Å². The van der Waals surface area contributed by atoms with Crippen molar-refractivity contribution in [1.82, 2.24) is 4.90 Å². The van der Waals surface area contributed by atoms with Crippen LogP contribution in [0.25, 0.3) is 0 Å². The number of ketones is 2. The van der Waals surface area contributed by atoms with Crippen molar-refractivity contribution < 1.29 is 38.9 Å². The Labute approximate surface area is 236 Å². The molecule has 2 aromatic carbocycles. The fraction of sp³-hybridized carbons (Fsp3) is 0.484. The number of carbonyl (C=O) groups is 4. The number of rotatable bonds is 15. The van der Waals surface area contributed by atoms with Crippen molar-refractivity contribution in [3.05, 3.63) is 70.8 Å². The average molecular weight is 556 g/mol. The van der Waals surface area contributed by atoms with Gasteiger partial charge in [0.15, 0.2) is 11.6 Å². The standard InChI is InChI=1S/C31H41NO8/c1-7-39-25(33)17-19-32(20-18-26(34)40-8-2)27(21-9-13-23(14-10-21)28(35)30(3,4)37)22-11-15-24(16-12-22)29(36)31(5,6)38/h9-16,27,37-38H,7-8,17-20H2,1-6H3. The Kier molecular flexibility index (Phi) is 11.7. The van der Waals surface area contributed by atoms with E-state index in [2.05, 4.69) is 0 Å². The monoisotopic (exact) mass is 555 g/mol. The van der Waals surface area contributed by atoms with Gasteiger partial charge in [-0.25, -0.2) is 0 Å². The minimum atomic E-state index is -1.53. The molecule has 0 aliphatic rings. The van der Waals surface area contributed by atoms with E-state index in [0.717, 1.165) is 11.1 Å². The van der Waals surface area contributed by atoms with E-state index in [-0.39, 0.29) is 51.1 Å². The normalized spacial score (nSPS) is 11.9. The molecule has 2 N–H and O–H groups in total. The van der Waals surface area contributed by atoms with Gasteiger partial charge in [0.1, 0.15) is 11.2 Å². The van der Waals surface area contributed by atoms with Crippen LogP contribution in [0.3, 0.4) is 0 Å². The molecule has 2 rings (SSSR count). The van der Waals surface area contributed by atoms with Gasteiger partial charge in [0, 0.05) is 24.2 Å². The van der Waals surface area contributed by atoms with E-state index in [1.165, 1.54) is 27.7 Å². The van der Waals surface area contributed by atoms with Crippen LogP contribution in [0, 0.1) is 0 Å². The summed E-state index contributed by atoms with van der Waals surface area (Å²) in [5, 5.41) is 20.3. The number of aliphatic hydroxyl groups is 2. The zero-order valence-electron chi connectivity index (χ0n) is 24.2. The van der Waals surface area contributed by atoms with Gasteiger partial charge in [-0.1, -0.05) is 48.5 Å². The van der Waals surface area contributed by atoms with Crippen molar-refractivity contribution in [1.29, 1.82) is 0 Å². The summed E-state index contributed by atoms with van der Waals surface area (Å²) in [6.07, 6.45) is 0.162. The highest BCUT2D eigenvalue weighted by atomic mass is 16.5. The summed E-state index contributed by atoms with van der Waals surface area (Å²) in [4.78, 5) is 51.6. The Balaban J connectivity index is 2.55. The molecule has 0 aliphatic heterocycles. The second-order valence-corrected chi connectivity index (χ2v) is 10.6. The molecular weight excluding hydrogens is 514 g/mol. The van der Waals surface area contributed by atoms with Gasteiger partial charge in [-0.3, -0.25) is 24.1 Å². The highest BCUT2D eigenvalue weighted by Crippen LogP contribution is 2.31. The maximum absolute atomic E-state index is 12.6. The summed E-state index contributed by atoms with van der Waals surface area (Å²) in [6, 6.07) is 13.1. The average Bonchev–Trinajstić information content (AvgIpc) is 2.89. The minimum absolute atomic E-state index is 0.0811. The van der Waals surface area contributed by atoms with Gasteiger partial charge in [0.25, 0.3) is 0 Å². The van der Waals surface area contributed by atoms with Crippen molar-refractivity contribution in [2.45, 2.75) is 71.6 Å². The van der Waals surface area contributed by atoms with Gasteiger partial charge < -0.3 is 19.7 Å². The van der Waals surface area contributed by atoms with Gasteiger partial charge >= 0.3 is 11.9 Å². The molecule has 0 saturated carbocycles. The van der Waals surface area contributed by atoms with Crippen LogP contribution in [-0.2, 0) is 19.1 Å². The first-order valence-electron chi connectivity index (χ1n) is 13.5. The van der Waals surface area contributed by atoms with Crippen LogP contribution >= 0.6 is 0 Å². The molecule has 9 nitrogen and oxygen atoms in total. The smallest absolute Gasteiger partial charge is 0.307 e. The number of esters is 2. The highest BCUT2D eigenvalue weighted by molar-refractivity contribution is 6.02. The molecule has 0 aliphatic carbocycles. The quantitative estimate of drug-likeness (QED) is 0.248. The lowest BCUT2D eigenvalue weighted by atomic mass is 9.90. The van der Waals surface area contributed by atoms with E-state index in [0.29, 0.717) is 11.1 Å². The number of hydrogen-bond acceptors (Lipinski definition) is 9. The Morgan fingerprint density at radius 3 is 1.27 bits per heavy atom. The van der Waals surface area contributed by atoms with Crippen LogP contribution in [0.1, 0.15) is 92.3 Å². The molecule has 0 radical (unpaired) electrons. The van der Waals surface area contributed by atoms with E-state index >= 15 is 0 Å². The molecule has 0 aromatic heterocycles. The lowest BCUT2D eigenvalue weighted by Crippen LogP contribution is -2.34. The number of hydrogen-bond donors (Lipinski definition) is 2. The predicted molar refractivity (Wildman–Crippen MR) is 150 cm³/mol. The number of benzene rings is 2. The van der Waals surface area contributed by atoms with Gasteiger partial charge in [-0.2, -0.15) is 0 Å². The minimum Gasteiger partial charge on any atom is -0.466 e. The predicted octanol–water partition coefficient (Wildman–Crippen LogP) is 3.89. The third kappa shape index (κ3) is 9.36. The van der Waals surface area contributed by atoms with Crippen molar-refractivity contribution in [2.24, 2.45) is 0 Å². The maximum atomic E-state index is 12.6. The van der Waals surface area contributed by atoms with Gasteiger partial charge in [-0.15, -0.1) is 0 Å². The molecule has 0 saturated heterocycles. The van der Waals surface area contributed by atoms with Gasteiger partial charge in [0.05, 0.1) is 32.1 Å². The summed E-state index contributed by atoms with van der Waals surface area (Å²) < 4.78 is 10.2. The Hall–Kier alpha value is -3.40. The molecule has 9 heteroatoms. The second-order valence-electron chi connectivity index (χ2n) is 10.6. The Morgan fingerprint density at radius 2 is 1.00 bits per heavy atom. The fourth-order valence-electron chi connectivity index (χ4n) is 4.26. The maximum Gasteiger partial charge on any atom is 0.307 e. The fourth-order valence-corrected chi connectivity index (χ4v) is 4.26. The zero-order valence-corrected chi connectivity index (χ0v) is 24.2. The molecule has 0 bridgehead atoms. The van der Waals surface area contributed by atoms with E-state index in [9.17, 15) is 29.4 Å². The van der Waals surface area contributed by atoms with Gasteiger partial charge in [0.2, 0.25) is 0 Å². The molecule has 2 aromatic rings. The van der Waals surface area contributed by atoms with E-state index in [4.69, 9.17) is 9.47 Å². The van der Waals surface area contributed by atoms with Crippen molar-refractivity contribution in [2.75, 3.05) is 26.3 Å². The summed E-state index contributed by atoms with van der Waals surface area (Å²) >= 11 is 0. The van der Waals surface area contributed by atoms with Crippen LogP contribution in [-0.4, -0.2) is 76.1 Å². The van der Waals surface area contributed by atoms with Crippen molar-refractivity contribution >= 4 is 23.5 Å². The molecule has 218 valence electrons. The summed E-state index contributed by atoms with van der Waals surface area (Å²) in [6.45, 7) is 10.2. The molecule has 0 atom stereocenters. The van der Waals surface area contributed by atoms with E-state index in [1.807, 2.05) is 4.90 Å². The molecule has 0 heterocycles. The van der Waals surface area contributed by atoms with E-state index in [1.54, 1.807) is 62.4 Å². The van der Waals surface area contributed by atoms with Crippen LogP contribution in [0.15, 0.2) is 48.5 Å². The SMILES string of the molecule is CCOC(=O)CCN(CCC(=O)OCC)C(c1ccc(C(=O)C(C)(C)O)cc1)c1ccc(C(=O)C(C)(C)O)cc1.